The molecule has 10 aromatic heterocycles. The Kier molecular flexibility index (Phi) is 137. The molecule has 0 aromatic carbocycles. The van der Waals surface area contributed by atoms with E-state index in [1.807, 2.05) is 260 Å². The van der Waals surface area contributed by atoms with Gasteiger partial charge in [0.2, 0.25) is 0 Å². The average molecular weight is 1310 g/mol. The average Bonchev–Trinajstić information content (AvgIpc) is 3.86. The molecule has 10 aromatic rings. The van der Waals surface area contributed by atoms with Gasteiger partial charge in [-0.05, 0) is 96.8 Å². The molecule has 0 radical (unpaired) electrons. The Balaban J connectivity index is -0.0000000767. The lowest BCUT2D eigenvalue weighted by atomic mass is 10.3. The van der Waals surface area contributed by atoms with Gasteiger partial charge in [-0.3, -0.25) is 9.97 Å². The van der Waals surface area contributed by atoms with E-state index >= 15 is 0 Å². The largest absolute Gasteiger partial charge is 0.262 e. The zero-order valence-corrected chi connectivity index (χ0v) is 65.2. The first-order valence-electron chi connectivity index (χ1n) is 33.0. The second kappa shape index (κ2) is 114. The summed E-state index contributed by atoms with van der Waals surface area (Å²) in [5, 5.41) is 28.6. The van der Waals surface area contributed by atoms with Gasteiger partial charge in [0.05, 0.1) is 6.20 Å². The number of aryl methyl sites for hydroxylation is 10. The molecule has 94 heavy (non-hydrogen) atoms. The number of hydrogen-bond acceptors (Lipinski definition) is 20. The van der Waals surface area contributed by atoms with Crippen molar-refractivity contribution in [2.45, 2.75) is 222 Å². The summed E-state index contributed by atoms with van der Waals surface area (Å²) in [7, 11) is 4.03. The Morgan fingerprint density at radius 3 is 0.830 bits per heavy atom. The maximum Gasteiger partial charge on any atom is 0.171 e. The van der Waals surface area contributed by atoms with Crippen molar-refractivity contribution in [2.75, 3.05) is 0 Å². The molecule has 0 N–H and O–H groups in total. The molecule has 0 saturated heterocycles. The fraction of sp³-hybridized carbons (Fsp3) is 0.472. The van der Waals surface area contributed by atoms with Crippen molar-refractivity contribution in [3.05, 3.63) is 231 Å². The topological polar surface area (TPSA) is 266 Å². The normalized spacial score (nSPS) is 7.26. The standard InChI is InChI=1S/2C7H10N.3C5H6N2.C4H6N4.C4H5N3.2C4H4N2.C3H3N3.12C2H6/c1-7-3-5-8(2)6-4-7;1-7-4-3-5-8(2)6-7;1-5-2-6-4-7-3-5;1-5-2-3-6-4-7-5;1-5-6-3-2-4-7-5;1-3-5-7-4(2)8-6-3;1-4-6-2-5-3-7-4;1-2-6-4-3-5-1;1-2-4-6-5-3-1;1-2-5-6-3-4-1;12*1-2/h2*3-6H,1-2H3;3*2-4H,1H3;1-2H3;2-3H,1H3;2*1-4H;1-3H;12*1-2H3/q2*+1;;;;;;;;;;;;;;;;;;;;. The van der Waals surface area contributed by atoms with Crippen LogP contribution in [0.3, 0.4) is 0 Å². The molecule has 0 atom stereocenters. The van der Waals surface area contributed by atoms with Gasteiger partial charge in [-0.1, -0.05) is 166 Å². The molecule has 0 fully saturated rings. The van der Waals surface area contributed by atoms with Crippen LogP contribution in [-0.4, -0.2) is 101 Å². The molecule has 0 aliphatic rings. The highest BCUT2D eigenvalue weighted by atomic mass is 15.3. The Morgan fingerprint density at radius 2 is 0.628 bits per heavy atom. The van der Waals surface area contributed by atoms with Crippen LogP contribution < -0.4 is 9.13 Å². The first-order valence-corrected chi connectivity index (χ1v) is 33.0. The van der Waals surface area contributed by atoms with Crippen molar-refractivity contribution in [2.24, 2.45) is 14.1 Å². The van der Waals surface area contributed by atoms with E-state index in [9.17, 15) is 0 Å². The summed E-state index contributed by atoms with van der Waals surface area (Å²) in [5.74, 6) is 2.80. The number of aromatic nitrogens is 22. The molecule has 10 heterocycles. The highest BCUT2D eigenvalue weighted by molar-refractivity contribution is 5.03. The summed E-state index contributed by atoms with van der Waals surface area (Å²) in [6.45, 7) is 63.2. The summed E-state index contributed by atoms with van der Waals surface area (Å²) in [5.41, 5.74) is 4.72. The fourth-order valence-electron chi connectivity index (χ4n) is 3.76. The van der Waals surface area contributed by atoms with Gasteiger partial charge in [-0.15, -0.1) is 25.5 Å². The summed E-state index contributed by atoms with van der Waals surface area (Å²) < 4.78 is 4.06. The molecule has 0 amide bonds. The van der Waals surface area contributed by atoms with Crippen LogP contribution in [0.2, 0.25) is 0 Å². The van der Waals surface area contributed by atoms with Crippen molar-refractivity contribution in [1.29, 1.82) is 0 Å². The third-order valence-electron chi connectivity index (χ3n) is 7.01. The second-order valence-corrected chi connectivity index (χ2v) is 13.4. The highest BCUT2D eigenvalue weighted by Crippen LogP contribution is 1.89. The molecule has 0 spiro atoms. The summed E-state index contributed by atoms with van der Waals surface area (Å²) in [6, 6.07) is 15.6. The van der Waals surface area contributed by atoms with Gasteiger partial charge in [0, 0.05) is 104 Å². The molecule has 0 saturated carbocycles. The predicted molar refractivity (Wildman–Crippen MR) is 397 cm³/mol. The van der Waals surface area contributed by atoms with Crippen molar-refractivity contribution in [3.63, 3.8) is 0 Å². The molecule has 22 heteroatoms. The van der Waals surface area contributed by atoms with Crippen LogP contribution in [0.4, 0.5) is 0 Å². The molecule has 10 rings (SSSR count). The first-order chi connectivity index (χ1) is 45.9. The molecule has 528 valence electrons. The predicted octanol–water partition coefficient (Wildman–Crippen LogP) is 17.2. The van der Waals surface area contributed by atoms with Gasteiger partial charge in [-0.25, -0.2) is 59.0 Å². The van der Waals surface area contributed by atoms with Crippen molar-refractivity contribution in [3.8, 4) is 0 Å². The van der Waals surface area contributed by atoms with Crippen molar-refractivity contribution < 1.29 is 9.13 Å². The Morgan fingerprint density at radius 1 is 0.245 bits per heavy atom. The van der Waals surface area contributed by atoms with Gasteiger partial charge in [-0.2, -0.15) is 15.3 Å². The van der Waals surface area contributed by atoms with E-state index in [1.165, 1.54) is 49.0 Å². The second-order valence-electron chi connectivity index (χ2n) is 13.4. The third kappa shape index (κ3) is 110. The number of pyridine rings is 2. The van der Waals surface area contributed by atoms with Crippen LogP contribution in [-0.2, 0) is 14.1 Å². The Hall–Kier alpha value is -9.34. The van der Waals surface area contributed by atoms with Crippen LogP contribution >= 0.6 is 0 Å². The van der Waals surface area contributed by atoms with E-state index in [0.717, 1.165) is 22.9 Å². The minimum absolute atomic E-state index is 0.607. The van der Waals surface area contributed by atoms with Crippen molar-refractivity contribution in [1.82, 2.24) is 101 Å². The monoisotopic (exact) mass is 1310 g/mol. The molecule has 0 aliphatic heterocycles. The van der Waals surface area contributed by atoms with E-state index in [4.69, 9.17) is 0 Å². The number of hydrogen-bond donors (Lipinski definition) is 0. The van der Waals surface area contributed by atoms with Crippen LogP contribution in [0.15, 0.2) is 186 Å². The van der Waals surface area contributed by atoms with E-state index in [0.29, 0.717) is 11.6 Å². The Bertz CT molecular complexity index is 2220. The molecule has 0 unspecified atom stereocenters. The van der Waals surface area contributed by atoms with E-state index in [1.54, 1.807) is 94.3 Å². The van der Waals surface area contributed by atoms with Gasteiger partial charge in [0.1, 0.15) is 57.4 Å². The molecule has 0 aliphatic carbocycles. The van der Waals surface area contributed by atoms with Gasteiger partial charge in [0.15, 0.2) is 36.4 Å². The zero-order valence-electron chi connectivity index (χ0n) is 65.2. The summed E-state index contributed by atoms with van der Waals surface area (Å²) in [4.78, 5) is 45.1. The first kappa shape index (κ1) is 112. The molecular weight excluding hydrogens is 1170 g/mol. The minimum atomic E-state index is 0.607. The van der Waals surface area contributed by atoms with Crippen LogP contribution in [0.25, 0.3) is 0 Å². The lowest BCUT2D eigenvalue weighted by molar-refractivity contribution is -0.671. The Labute approximate surface area is 574 Å². The van der Waals surface area contributed by atoms with E-state index < -0.39 is 0 Å². The zero-order chi connectivity index (χ0) is 75.1. The summed E-state index contributed by atoms with van der Waals surface area (Å²) in [6.07, 6.45) is 37.2. The minimum Gasteiger partial charge on any atom is -0.262 e. The maximum atomic E-state index is 3.87. The quantitative estimate of drug-likeness (QED) is 0.128. The fourth-order valence-corrected chi connectivity index (χ4v) is 3.76. The number of nitrogens with zero attached hydrogens (tertiary/aromatic N) is 22. The molecule has 22 nitrogen and oxygen atoms in total. The van der Waals surface area contributed by atoms with E-state index in [-0.39, 0.29) is 0 Å². The van der Waals surface area contributed by atoms with Gasteiger partial charge < -0.3 is 0 Å². The lowest BCUT2D eigenvalue weighted by Crippen LogP contribution is -2.26. The van der Waals surface area contributed by atoms with Crippen LogP contribution in [0.5, 0.6) is 0 Å². The summed E-state index contributed by atoms with van der Waals surface area (Å²) >= 11 is 0. The maximum absolute atomic E-state index is 3.87. The van der Waals surface area contributed by atoms with E-state index in [2.05, 4.69) is 139 Å². The van der Waals surface area contributed by atoms with Gasteiger partial charge in [0.25, 0.3) is 0 Å². The highest BCUT2D eigenvalue weighted by Gasteiger charge is 1.88. The number of rotatable bonds is 0. The van der Waals surface area contributed by atoms with Crippen LogP contribution in [0, 0.1) is 55.4 Å². The smallest absolute Gasteiger partial charge is 0.171 e. The SMILES string of the molecule is CC.CC.CC.CC.CC.CC.CC.CC.CC.CC.CC.CC.Cc1cc[n+](C)cc1.Cc1ccc[n+](C)c1.Cc1ccncn1.Cc1cncnc1.Cc1ncccn1.Cc1ncncn1.Cc1nnc(C)nn1.c1ccnnc1.c1cnccn1.c1cnncn1. The molecule has 0 bridgehead atoms. The third-order valence-corrected chi connectivity index (χ3v) is 7.01. The van der Waals surface area contributed by atoms with Gasteiger partial charge >= 0.3 is 0 Å². The van der Waals surface area contributed by atoms with Crippen LogP contribution in [0.1, 0.15) is 212 Å². The van der Waals surface area contributed by atoms with Crippen molar-refractivity contribution >= 4 is 0 Å². The molecular formula is C72H132N22+2. The lowest BCUT2D eigenvalue weighted by Gasteiger charge is -1.85.